The molecule has 0 amide bonds. The number of aromatic carboxylic acids is 1. The molecular weight excluding hydrogens is 178 g/mol. The molecule has 1 aromatic rings. The van der Waals surface area contributed by atoms with Crippen LogP contribution in [0.15, 0.2) is 30.9 Å². The summed E-state index contributed by atoms with van der Waals surface area (Å²) in [6, 6.07) is 4.86. The molecule has 0 radical (unpaired) electrons. The SMILES string of the molecule is C#[N+]c1cc(CC=C)ccc1C(=O)O. The molecule has 0 aliphatic rings. The molecule has 70 valence electrons. The molecule has 1 N–H and O–H groups in total. The van der Waals surface area contributed by atoms with Crippen molar-refractivity contribution in [3.05, 3.63) is 46.8 Å². The van der Waals surface area contributed by atoms with Crippen molar-refractivity contribution in [2.24, 2.45) is 0 Å². The van der Waals surface area contributed by atoms with Crippen LogP contribution in [0.5, 0.6) is 0 Å². The Kier molecular flexibility index (Phi) is 3.03. The zero-order valence-electron chi connectivity index (χ0n) is 7.60. The van der Waals surface area contributed by atoms with Crippen LogP contribution in [0.25, 0.3) is 4.85 Å². The van der Waals surface area contributed by atoms with Crippen LogP contribution >= 0.6 is 0 Å². The van der Waals surface area contributed by atoms with E-state index in [0.717, 1.165) is 5.56 Å². The van der Waals surface area contributed by atoms with Crippen molar-refractivity contribution < 1.29 is 9.90 Å². The zero-order chi connectivity index (χ0) is 10.6. The standard InChI is InChI=1S/C11H9NO2/c1-3-4-8-5-6-9(11(13)14)10(7-8)12-2/h2-3,5-7H,1,4H2/p+1. The van der Waals surface area contributed by atoms with Crippen molar-refractivity contribution >= 4 is 11.7 Å². The highest BCUT2D eigenvalue weighted by molar-refractivity contribution is 5.94. The van der Waals surface area contributed by atoms with E-state index in [9.17, 15) is 4.79 Å². The fraction of sp³-hybridized carbons (Fsp3) is 0.0909. The van der Waals surface area contributed by atoms with E-state index >= 15 is 0 Å². The van der Waals surface area contributed by atoms with E-state index < -0.39 is 5.97 Å². The molecule has 0 heterocycles. The number of carboxylic acid groups (broad SMARTS) is 1. The van der Waals surface area contributed by atoms with Crippen LogP contribution in [0, 0.1) is 6.57 Å². The minimum absolute atomic E-state index is 0.111. The number of rotatable bonds is 3. The summed E-state index contributed by atoms with van der Waals surface area (Å²) < 4.78 is 0. The fourth-order valence-electron chi connectivity index (χ4n) is 1.16. The second-order valence-corrected chi connectivity index (χ2v) is 2.78. The van der Waals surface area contributed by atoms with Gasteiger partial charge in [-0.05, 0) is 22.9 Å². The average Bonchev–Trinajstić information content (AvgIpc) is 2.17. The number of carbonyl (C=O) groups is 1. The largest absolute Gasteiger partial charge is 0.477 e. The Bertz CT molecular complexity index is 416. The average molecular weight is 188 g/mol. The summed E-state index contributed by atoms with van der Waals surface area (Å²) in [5.41, 5.74) is 1.34. The summed E-state index contributed by atoms with van der Waals surface area (Å²) in [6.07, 6.45) is 2.40. The maximum Gasteiger partial charge on any atom is 0.354 e. The summed E-state index contributed by atoms with van der Waals surface area (Å²) in [6.45, 7) is 8.68. The van der Waals surface area contributed by atoms with Crippen molar-refractivity contribution in [2.45, 2.75) is 6.42 Å². The second-order valence-electron chi connectivity index (χ2n) is 2.78. The van der Waals surface area contributed by atoms with Gasteiger partial charge in [-0.2, -0.15) is 0 Å². The Morgan fingerprint density at radius 2 is 2.36 bits per heavy atom. The summed E-state index contributed by atoms with van der Waals surface area (Å²) in [4.78, 5) is 14.1. The third-order valence-corrected chi connectivity index (χ3v) is 1.81. The first-order chi connectivity index (χ1) is 6.69. The molecule has 3 nitrogen and oxygen atoms in total. The first-order valence-corrected chi connectivity index (χ1v) is 4.07. The predicted octanol–water partition coefficient (Wildman–Crippen LogP) is 2.71. The molecule has 0 saturated carbocycles. The van der Waals surface area contributed by atoms with Crippen LogP contribution in [0.1, 0.15) is 15.9 Å². The molecular formula is C11H10NO2+. The minimum Gasteiger partial charge on any atom is -0.477 e. The molecule has 0 aliphatic carbocycles. The summed E-state index contributed by atoms with van der Waals surface area (Å²) in [5, 5.41) is 8.78. The lowest BCUT2D eigenvalue weighted by Crippen LogP contribution is -1.96. The van der Waals surface area contributed by atoms with Gasteiger partial charge in [0, 0.05) is 6.07 Å². The first kappa shape index (κ1) is 10.0. The molecule has 0 aromatic heterocycles. The van der Waals surface area contributed by atoms with Gasteiger partial charge in [-0.15, -0.1) is 6.58 Å². The number of nitrogens with zero attached hydrogens (tertiary/aromatic N) is 1. The number of hydrogen-bond donors (Lipinski definition) is 1. The molecule has 1 aromatic carbocycles. The first-order valence-electron chi connectivity index (χ1n) is 4.07. The Hall–Kier alpha value is -2.08. The number of hydrogen-bond acceptors (Lipinski definition) is 1. The van der Waals surface area contributed by atoms with Crippen LogP contribution in [-0.4, -0.2) is 11.1 Å². The monoisotopic (exact) mass is 188 g/mol. The van der Waals surface area contributed by atoms with Gasteiger partial charge in [0.2, 0.25) is 0 Å². The van der Waals surface area contributed by atoms with Crippen molar-refractivity contribution in [2.75, 3.05) is 0 Å². The normalized spacial score (nSPS) is 9.07. The summed E-state index contributed by atoms with van der Waals surface area (Å²) in [7, 11) is 0. The van der Waals surface area contributed by atoms with Crippen molar-refractivity contribution in [1.82, 2.24) is 0 Å². The third kappa shape index (κ3) is 1.99. The van der Waals surface area contributed by atoms with Gasteiger partial charge >= 0.3 is 11.7 Å². The van der Waals surface area contributed by atoms with Crippen LogP contribution < -0.4 is 0 Å². The van der Waals surface area contributed by atoms with Gasteiger partial charge in [0.25, 0.3) is 6.57 Å². The van der Waals surface area contributed by atoms with Crippen LogP contribution in [0.4, 0.5) is 5.69 Å². The number of carboxylic acids is 1. The predicted molar refractivity (Wildman–Crippen MR) is 55.3 cm³/mol. The highest BCUT2D eigenvalue weighted by Crippen LogP contribution is 2.21. The highest BCUT2D eigenvalue weighted by Gasteiger charge is 2.17. The molecule has 1 rings (SSSR count). The van der Waals surface area contributed by atoms with Gasteiger partial charge < -0.3 is 5.11 Å². The van der Waals surface area contributed by atoms with E-state index in [2.05, 4.69) is 11.4 Å². The zero-order valence-corrected chi connectivity index (χ0v) is 7.60. The second kappa shape index (κ2) is 4.24. The Morgan fingerprint density at radius 3 is 2.86 bits per heavy atom. The molecule has 0 aliphatic heterocycles. The van der Waals surface area contributed by atoms with E-state index in [1.807, 2.05) is 0 Å². The minimum atomic E-state index is -1.03. The van der Waals surface area contributed by atoms with Gasteiger partial charge in [-0.1, -0.05) is 12.1 Å². The quantitative estimate of drug-likeness (QED) is 0.741. The Balaban J connectivity index is 3.19. The van der Waals surface area contributed by atoms with Crippen molar-refractivity contribution in [3.63, 3.8) is 0 Å². The number of allylic oxidation sites excluding steroid dienone is 1. The topological polar surface area (TPSA) is 41.7 Å². The molecule has 0 fully saturated rings. The smallest absolute Gasteiger partial charge is 0.354 e. The summed E-state index contributed by atoms with van der Waals surface area (Å²) in [5.74, 6) is -1.03. The fourth-order valence-corrected chi connectivity index (χ4v) is 1.16. The molecule has 3 heteroatoms. The van der Waals surface area contributed by atoms with Gasteiger partial charge in [-0.3, -0.25) is 0 Å². The third-order valence-electron chi connectivity index (χ3n) is 1.81. The van der Waals surface area contributed by atoms with Crippen LogP contribution in [0.2, 0.25) is 0 Å². The van der Waals surface area contributed by atoms with E-state index in [4.69, 9.17) is 11.7 Å². The molecule has 0 saturated heterocycles. The number of benzene rings is 1. The van der Waals surface area contributed by atoms with E-state index in [0.29, 0.717) is 6.42 Å². The molecule has 0 bridgehead atoms. The van der Waals surface area contributed by atoms with Gasteiger partial charge in [0.15, 0.2) is 5.56 Å². The van der Waals surface area contributed by atoms with E-state index in [1.165, 1.54) is 6.07 Å². The Labute approximate surface area is 82.1 Å². The summed E-state index contributed by atoms with van der Waals surface area (Å²) >= 11 is 0. The molecule has 0 atom stereocenters. The Morgan fingerprint density at radius 1 is 1.64 bits per heavy atom. The van der Waals surface area contributed by atoms with Crippen molar-refractivity contribution in [1.29, 1.82) is 0 Å². The maximum absolute atomic E-state index is 10.7. The molecule has 14 heavy (non-hydrogen) atoms. The van der Waals surface area contributed by atoms with Gasteiger partial charge in [-0.25, -0.2) is 4.79 Å². The molecule has 0 unspecified atom stereocenters. The lowest BCUT2D eigenvalue weighted by molar-refractivity contribution is 0.0698. The highest BCUT2D eigenvalue weighted by atomic mass is 16.4. The molecule has 0 spiro atoms. The maximum atomic E-state index is 10.7. The van der Waals surface area contributed by atoms with E-state index in [-0.39, 0.29) is 11.3 Å². The van der Waals surface area contributed by atoms with Gasteiger partial charge in [0.05, 0.1) is 0 Å². The van der Waals surface area contributed by atoms with Crippen LogP contribution in [-0.2, 0) is 6.42 Å². The van der Waals surface area contributed by atoms with Gasteiger partial charge in [0.1, 0.15) is 0 Å². The van der Waals surface area contributed by atoms with Crippen LogP contribution in [0.3, 0.4) is 0 Å². The lowest BCUT2D eigenvalue weighted by atomic mass is 10.1. The van der Waals surface area contributed by atoms with E-state index in [1.54, 1.807) is 18.2 Å². The lowest BCUT2D eigenvalue weighted by Gasteiger charge is -1.95. The van der Waals surface area contributed by atoms with Crippen molar-refractivity contribution in [3.8, 4) is 6.57 Å².